The molecule has 0 aromatic heterocycles. The Bertz CT molecular complexity index is 272. The standard InChI is InChI=1S/C14H27N3O2/c1-2-19-12-11-15-7-9-16(10-8-15)13-14(18)17-5-3-4-6-17/h2-13H2,1H3. The van der Waals surface area contributed by atoms with Gasteiger partial charge in [0.25, 0.3) is 0 Å². The summed E-state index contributed by atoms with van der Waals surface area (Å²) in [6.45, 7) is 11.3. The SMILES string of the molecule is CCOCCN1CCN(CC(=O)N2CCCC2)CC1. The number of hydrogen-bond acceptors (Lipinski definition) is 4. The molecule has 0 spiro atoms. The van der Waals surface area contributed by atoms with E-state index < -0.39 is 0 Å². The van der Waals surface area contributed by atoms with Crippen LogP contribution in [-0.2, 0) is 9.53 Å². The summed E-state index contributed by atoms with van der Waals surface area (Å²) >= 11 is 0. The minimum absolute atomic E-state index is 0.320. The van der Waals surface area contributed by atoms with Gasteiger partial charge in [-0.1, -0.05) is 0 Å². The van der Waals surface area contributed by atoms with Crippen molar-refractivity contribution in [2.24, 2.45) is 0 Å². The second kappa shape index (κ2) is 7.82. The van der Waals surface area contributed by atoms with Crippen LogP contribution in [0.5, 0.6) is 0 Å². The Morgan fingerprint density at radius 2 is 1.63 bits per heavy atom. The van der Waals surface area contributed by atoms with Crippen LogP contribution in [0.15, 0.2) is 0 Å². The molecule has 0 saturated carbocycles. The highest BCUT2D eigenvalue weighted by atomic mass is 16.5. The Labute approximate surface area is 116 Å². The molecule has 0 unspecified atom stereocenters. The molecule has 5 heteroatoms. The van der Waals surface area contributed by atoms with Gasteiger partial charge in [-0.3, -0.25) is 14.6 Å². The van der Waals surface area contributed by atoms with E-state index in [4.69, 9.17) is 4.74 Å². The second-order valence-corrected chi connectivity index (χ2v) is 5.40. The molecule has 2 aliphatic heterocycles. The molecule has 0 aliphatic carbocycles. The zero-order chi connectivity index (χ0) is 13.5. The third kappa shape index (κ3) is 4.75. The number of ether oxygens (including phenoxy) is 1. The van der Waals surface area contributed by atoms with Crippen molar-refractivity contribution >= 4 is 5.91 Å². The van der Waals surface area contributed by atoms with E-state index in [2.05, 4.69) is 9.80 Å². The van der Waals surface area contributed by atoms with Gasteiger partial charge in [0, 0.05) is 52.4 Å². The third-order valence-electron chi connectivity index (χ3n) is 4.04. The van der Waals surface area contributed by atoms with Gasteiger partial charge in [0.1, 0.15) is 0 Å². The van der Waals surface area contributed by atoms with Crippen molar-refractivity contribution in [2.45, 2.75) is 19.8 Å². The molecule has 0 aromatic carbocycles. The van der Waals surface area contributed by atoms with Crippen molar-refractivity contribution in [2.75, 3.05) is 65.6 Å². The number of carbonyl (C=O) groups is 1. The van der Waals surface area contributed by atoms with Crippen molar-refractivity contribution in [3.8, 4) is 0 Å². The largest absolute Gasteiger partial charge is 0.380 e. The first-order valence-electron chi connectivity index (χ1n) is 7.60. The molecular weight excluding hydrogens is 242 g/mol. The summed E-state index contributed by atoms with van der Waals surface area (Å²) in [5, 5.41) is 0. The fourth-order valence-electron chi connectivity index (χ4n) is 2.77. The summed E-state index contributed by atoms with van der Waals surface area (Å²) in [7, 11) is 0. The molecule has 0 bridgehead atoms. The summed E-state index contributed by atoms with van der Waals surface area (Å²) in [6, 6.07) is 0. The van der Waals surface area contributed by atoms with Crippen molar-refractivity contribution in [1.29, 1.82) is 0 Å². The quantitative estimate of drug-likeness (QED) is 0.648. The summed E-state index contributed by atoms with van der Waals surface area (Å²) < 4.78 is 5.38. The number of nitrogens with zero attached hydrogens (tertiary/aromatic N) is 3. The molecule has 5 nitrogen and oxygen atoms in total. The zero-order valence-electron chi connectivity index (χ0n) is 12.1. The highest BCUT2D eigenvalue weighted by molar-refractivity contribution is 5.78. The van der Waals surface area contributed by atoms with Gasteiger partial charge in [-0.15, -0.1) is 0 Å². The van der Waals surface area contributed by atoms with E-state index in [0.717, 1.165) is 59.0 Å². The number of hydrogen-bond donors (Lipinski definition) is 0. The average Bonchev–Trinajstić information content (AvgIpc) is 2.95. The molecular formula is C14H27N3O2. The molecule has 110 valence electrons. The van der Waals surface area contributed by atoms with Gasteiger partial charge < -0.3 is 9.64 Å². The lowest BCUT2D eigenvalue weighted by molar-refractivity contribution is -0.131. The van der Waals surface area contributed by atoms with Gasteiger partial charge in [-0.25, -0.2) is 0 Å². The minimum Gasteiger partial charge on any atom is -0.380 e. The fraction of sp³-hybridized carbons (Fsp3) is 0.929. The lowest BCUT2D eigenvalue weighted by atomic mass is 10.3. The number of likely N-dealkylation sites (tertiary alicyclic amines) is 1. The van der Waals surface area contributed by atoms with Gasteiger partial charge in [0.15, 0.2) is 0 Å². The Morgan fingerprint density at radius 3 is 2.26 bits per heavy atom. The van der Waals surface area contributed by atoms with Crippen molar-refractivity contribution in [1.82, 2.24) is 14.7 Å². The fourth-order valence-corrected chi connectivity index (χ4v) is 2.77. The maximum absolute atomic E-state index is 12.1. The van der Waals surface area contributed by atoms with E-state index in [-0.39, 0.29) is 0 Å². The molecule has 0 radical (unpaired) electrons. The number of rotatable bonds is 6. The Hall–Kier alpha value is -0.650. The van der Waals surface area contributed by atoms with Gasteiger partial charge in [0.2, 0.25) is 5.91 Å². The predicted molar refractivity (Wildman–Crippen MR) is 75.2 cm³/mol. The predicted octanol–water partition coefficient (Wildman–Crippen LogP) is 0.263. The van der Waals surface area contributed by atoms with E-state index in [0.29, 0.717) is 12.5 Å². The molecule has 2 saturated heterocycles. The van der Waals surface area contributed by atoms with Crippen LogP contribution in [0.1, 0.15) is 19.8 Å². The van der Waals surface area contributed by atoms with E-state index in [1.54, 1.807) is 0 Å². The molecule has 19 heavy (non-hydrogen) atoms. The molecule has 2 fully saturated rings. The first-order valence-corrected chi connectivity index (χ1v) is 7.60. The van der Waals surface area contributed by atoms with E-state index in [1.807, 2.05) is 11.8 Å². The van der Waals surface area contributed by atoms with Crippen LogP contribution in [0.4, 0.5) is 0 Å². The summed E-state index contributed by atoms with van der Waals surface area (Å²) in [4.78, 5) is 18.8. The van der Waals surface area contributed by atoms with Gasteiger partial charge in [-0.05, 0) is 19.8 Å². The lowest BCUT2D eigenvalue weighted by Gasteiger charge is -2.34. The second-order valence-electron chi connectivity index (χ2n) is 5.40. The summed E-state index contributed by atoms with van der Waals surface area (Å²) in [5.74, 6) is 0.320. The Kier molecular flexibility index (Phi) is 6.07. The van der Waals surface area contributed by atoms with Crippen LogP contribution in [0.25, 0.3) is 0 Å². The third-order valence-corrected chi connectivity index (χ3v) is 4.04. The highest BCUT2D eigenvalue weighted by Gasteiger charge is 2.23. The molecule has 1 amide bonds. The Balaban J connectivity index is 1.61. The van der Waals surface area contributed by atoms with Gasteiger partial charge in [-0.2, -0.15) is 0 Å². The lowest BCUT2D eigenvalue weighted by Crippen LogP contribution is -2.50. The topological polar surface area (TPSA) is 36.0 Å². The van der Waals surface area contributed by atoms with Crippen LogP contribution in [0.2, 0.25) is 0 Å². The Morgan fingerprint density at radius 1 is 1.00 bits per heavy atom. The number of amides is 1. The smallest absolute Gasteiger partial charge is 0.236 e. The summed E-state index contributed by atoms with van der Waals surface area (Å²) in [5.41, 5.74) is 0. The van der Waals surface area contributed by atoms with Crippen LogP contribution < -0.4 is 0 Å². The molecule has 0 atom stereocenters. The van der Waals surface area contributed by atoms with E-state index in [9.17, 15) is 4.79 Å². The molecule has 0 aromatic rings. The first kappa shape index (κ1) is 14.8. The normalized spacial score (nSPS) is 22.1. The number of carbonyl (C=O) groups excluding carboxylic acids is 1. The molecule has 2 rings (SSSR count). The van der Waals surface area contributed by atoms with E-state index in [1.165, 1.54) is 12.8 Å². The summed E-state index contributed by atoms with van der Waals surface area (Å²) in [6.07, 6.45) is 2.36. The molecule has 0 N–H and O–H groups in total. The van der Waals surface area contributed by atoms with Crippen molar-refractivity contribution < 1.29 is 9.53 Å². The monoisotopic (exact) mass is 269 g/mol. The van der Waals surface area contributed by atoms with Crippen LogP contribution in [0.3, 0.4) is 0 Å². The molecule has 2 heterocycles. The maximum atomic E-state index is 12.1. The minimum atomic E-state index is 0.320. The first-order chi connectivity index (χ1) is 9.29. The number of piperazine rings is 1. The van der Waals surface area contributed by atoms with Crippen molar-refractivity contribution in [3.63, 3.8) is 0 Å². The van der Waals surface area contributed by atoms with Crippen molar-refractivity contribution in [3.05, 3.63) is 0 Å². The molecule has 2 aliphatic rings. The van der Waals surface area contributed by atoms with E-state index >= 15 is 0 Å². The average molecular weight is 269 g/mol. The van der Waals surface area contributed by atoms with Gasteiger partial charge in [0.05, 0.1) is 13.2 Å². The van der Waals surface area contributed by atoms with Gasteiger partial charge >= 0.3 is 0 Å². The maximum Gasteiger partial charge on any atom is 0.236 e. The van der Waals surface area contributed by atoms with Crippen LogP contribution >= 0.6 is 0 Å². The highest BCUT2D eigenvalue weighted by Crippen LogP contribution is 2.09. The van der Waals surface area contributed by atoms with Crippen LogP contribution in [-0.4, -0.2) is 86.2 Å². The zero-order valence-corrected chi connectivity index (χ0v) is 12.1. The van der Waals surface area contributed by atoms with Crippen LogP contribution in [0, 0.1) is 0 Å².